The number of nitrogens with zero attached hydrogens (tertiary/aromatic N) is 2. The quantitative estimate of drug-likeness (QED) is 0.783. The fourth-order valence-electron chi connectivity index (χ4n) is 2.66. The number of benzene rings is 1. The van der Waals surface area contributed by atoms with E-state index in [2.05, 4.69) is 29.0 Å². The monoisotopic (exact) mass is 266 g/mol. The average Bonchev–Trinajstić information content (AvgIpc) is 2.63. The summed E-state index contributed by atoms with van der Waals surface area (Å²) in [5.74, 6) is 1.01. The number of Topliss-reactive ketones (excluding diaryl/α,β-unsaturated/α-hetero) is 1. The third-order valence-corrected chi connectivity index (χ3v) is 3.90. The van der Waals surface area contributed by atoms with Crippen molar-refractivity contribution in [2.75, 3.05) is 0 Å². The normalized spacial score (nSPS) is 14.8. The van der Waals surface area contributed by atoms with Gasteiger partial charge < -0.3 is 0 Å². The number of rotatable bonds is 2. The average molecular weight is 266 g/mol. The van der Waals surface area contributed by atoms with Crippen LogP contribution in [-0.2, 0) is 12.8 Å². The van der Waals surface area contributed by atoms with Crippen LogP contribution in [0.15, 0.2) is 30.5 Å². The number of hydrogen-bond donors (Lipinski definition) is 0. The lowest BCUT2D eigenvalue weighted by molar-refractivity contribution is 0.0981. The van der Waals surface area contributed by atoms with Crippen molar-refractivity contribution in [2.45, 2.75) is 39.0 Å². The molecule has 0 radical (unpaired) electrons. The maximum Gasteiger partial charge on any atom is 0.166 e. The van der Waals surface area contributed by atoms with E-state index in [0.717, 1.165) is 42.8 Å². The summed E-state index contributed by atoms with van der Waals surface area (Å²) < 4.78 is 0. The summed E-state index contributed by atoms with van der Waals surface area (Å²) in [6.07, 6.45) is 5.98. The SMILES string of the molecule is Cc1ccccc1Cc1ncc2c(n1)CCCCC2=O. The van der Waals surface area contributed by atoms with Gasteiger partial charge >= 0.3 is 0 Å². The lowest BCUT2D eigenvalue weighted by atomic mass is 10.0. The number of carbonyl (C=O) groups is 1. The summed E-state index contributed by atoms with van der Waals surface area (Å²) in [7, 11) is 0. The smallest absolute Gasteiger partial charge is 0.166 e. The first-order valence-electron chi connectivity index (χ1n) is 7.16. The molecule has 2 aromatic rings. The predicted molar refractivity (Wildman–Crippen MR) is 77.9 cm³/mol. The molecular formula is C17H18N2O. The van der Waals surface area contributed by atoms with Gasteiger partial charge in [0.15, 0.2) is 5.78 Å². The molecule has 1 aliphatic carbocycles. The lowest BCUT2D eigenvalue weighted by Gasteiger charge is -2.08. The molecule has 0 unspecified atom stereocenters. The fourth-order valence-corrected chi connectivity index (χ4v) is 2.66. The molecule has 0 amide bonds. The molecule has 0 saturated carbocycles. The van der Waals surface area contributed by atoms with E-state index in [1.165, 1.54) is 11.1 Å². The van der Waals surface area contributed by atoms with Gasteiger partial charge in [-0.05, 0) is 37.3 Å². The summed E-state index contributed by atoms with van der Waals surface area (Å²) in [5.41, 5.74) is 4.16. The third kappa shape index (κ3) is 2.62. The Bertz CT molecular complexity index is 649. The standard InChI is InChI=1S/C17H18N2O/c1-12-6-2-3-7-13(12)10-17-18-11-14-15(19-17)8-4-5-9-16(14)20/h2-3,6-7,11H,4-5,8-10H2,1H3. The zero-order chi connectivity index (χ0) is 13.9. The molecule has 20 heavy (non-hydrogen) atoms. The third-order valence-electron chi connectivity index (χ3n) is 3.90. The Hall–Kier alpha value is -2.03. The Kier molecular flexibility index (Phi) is 3.59. The molecule has 0 spiro atoms. The van der Waals surface area contributed by atoms with Crippen molar-refractivity contribution in [1.82, 2.24) is 9.97 Å². The van der Waals surface area contributed by atoms with Crippen LogP contribution in [0.4, 0.5) is 0 Å². The molecule has 1 aliphatic rings. The predicted octanol–water partition coefficient (Wildman–Crippen LogP) is 3.28. The number of ketones is 1. The van der Waals surface area contributed by atoms with Crippen molar-refractivity contribution in [1.29, 1.82) is 0 Å². The molecule has 0 N–H and O–H groups in total. The van der Waals surface area contributed by atoms with Crippen molar-refractivity contribution >= 4 is 5.78 Å². The first-order chi connectivity index (χ1) is 9.74. The number of hydrogen-bond acceptors (Lipinski definition) is 3. The molecule has 1 aromatic carbocycles. The van der Waals surface area contributed by atoms with Gasteiger partial charge in [0.2, 0.25) is 0 Å². The molecule has 3 heteroatoms. The maximum atomic E-state index is 11.9. The van der Waals surface area contributed by atoms with Gasteiger partial charge in [-0.1, -0.05) is 24.3 Å². The van der Waals surface area contributed by atoms with Crippen LogP contribution in [0.5, 0.6) is 0 Å². The molecule has 0 bridgehead atoms. The number of carbonyl (C=O) groups excluding carboxylic acids is 1. The van der Waals surface area contributed by atoms with E-state index >= 15 is 0 Å². The molecule has 3 nitrogen and oxygen atoms in total. The van der Waals surface area contributed by atoms with E-state index in [0.29, 0.717) is 6.42 Å². The Morgan fingerprint density at radius 2 is 1.95 bits per heavy atom. The number of aromatic nitrogens is 2. The van der Waals surface area contributed by atoms with Crippen LogP contribution in [0.3, 0.4) is 0 Å². The van der Waals surface area contributed by atoms with Crippen LogP contribution in [0.1, 0.15) is 52.3 Å². The molecule has 3 rings (SSSR count). The topological polar surface area (TPSA) is 42.9 Å². The van der Waals surface area contributed by atoms with Crippen LogP contribution in [0.2, 0.25) is 0 Å². The van der Waals surface area contributed by atoms with Gasteiger partial charge in [0.05, 0.1) is 11.3 Å². The Balaban J connectivity index is 1.91. The van der Waals surface area contributed by atoms with E-state index in [1.54, 1.807) is 6.20 Å². The highest BCUT2D eigenvalue weighted by molar-refractivity contribution is 5.97. The first-order valence-corrected chi connectivity index (χ1v) is 7.16. The van der Waals surface area contributed by atoms with Crippen LogP contribution in [0, 0.1) is 6.92 Å². The summed E-state index contributed by atoms with van der Waals surface area (Å²) in [5, 5.41) is 0. The van der Waals surface area contributed by atoms with E-state index in [-0.39, 0.29) is 5.78 Å². The minimum atomic E-state index is 0.194. The fraction of sp³-hybridized carbons (Fsp3) is 0.353. The van der Waals surface area contributed by atoms with Crippen molar-refractivity contribution in [3.63, 3.8) is 0 Å². The second-order valence-corrected chi connectivity index (χ2v) is 5.38. The highest BCUT2D eigenvalue weighted by Crippen LogP contribution is 2.19. The largest absolute Gasteiger partial charge is 0.294 e. The second kappa shape index (κ2) is 5.53. The molecule has 0 saturated heterocycles. The van der Waals surface area contributed by atoms with E-state index in [4.69, 9.17) is 0 Å². The van der Waals surface area contributed by atoms with E-state index < -0.39 is 0 Å². The number of aryl methyl sites for hydroxylation is 2. The summed E-state index contributed by atoms with van der Waals surface area (Å²) >= 11 is 0. The highest BCUT2D eigenvalue weighted by Gasteiger charge is 2.17. The summed E-state index contributed by atoms with van der Waals surface area (Å²) in [6.45, 7) is 2.10. The van der Waals surface area contributed by atoms with Crippen LogP contribution >= 0.6 is 0 Å². The Morgan fingerprint density at radius 3 is 2.80 bits per heavy atom. The van der Waals surface area contributed by atoms with Gasteiger partial charge in [-0.15, -0.1) is 0 Å². The van der Waals surface area contributed by atoms with Crippen LogP contribution < -0.4 is 0 Å². The van der Waals surface area contributed by atoms with Crippen LogP contribution in [0.25, 0.3) is 0 Å². The minimum absolute atomic E-state index is 0.194. The van der Waals surface area contributed by atoms with Gasteiger partial charge in [0.25, 0.3) is 0 Å². The van der Waals surface area contributed by atoms with E-state index in [1.807, 2.05) is 12.1 Å². The van der Waals surface area contributed by atoms with Crippen molar-refractivity contribution in [2.24, 2.45) is 0 Å². The molecule has 102 valence electrons. The lowest BCUT2D eigenvalue weighted by Crippen LogP contribution is -2.07. The minimum Gasteiger partial charge on any atom is -0.294 e. The van der Waals surface area contributed by atoms with Gasteiger partial charge in [0, 0.05) is 19.0 Å². The first kappa shape index (κ1) is 13.0. The van der Waals surface area contributed by atoms with Gasteiger partial charge in [0.1, 0.15) is 5.82 Å². The van der Waals surface area contributed by atoms with Gasteiger partial charge in [-0.25, -0.2) is 9.97 Å². The zero-order valence-corrected chi connectivity index (χ0v) is 11.7. The highest BCUT2D eigenvalue weighted by atomic mass is 16.1. The van der Waals surface area contributed by atoms with Gasteiger partial charge in [-0.3, -0.25) is 4.79 Å². The number of fused-ring (bicyclic) bond motifs is 1. The summed E-state index contributed by atoms with van der Waals surface area (Å²) in [6, 6.07) is 8.28. The molecule has 1 aromatic heterocycles. The Morgan fingerprint density at radius 1 is 1.15 bits per heavy atom. The van der Waals surface area contributed by atoms with Gasteiger partial charge in [-0.2, -0.15) is 0 Å². The Labute approximate surface area is 119 Å². The van der Waals surface area contributed by atoms with Crippen molar-refractivity contribution < 1.29 is 4.79 Å². The van der Waals surface area contributed by atoms with Crippen molar-refractivity contribution in [3.05, 3.63) is 58.7 Å². The maximum absolute atomic E-state index is 11.9. The molecule has 0 aliphatic heterocycles. The van der Waals surface area contributed by atoms with Crippen molar-refractivity contribution in [3.8, 4) is 0 Å². The molecule has 1 heterocycles. The molecule has 0 atom stereocenters. The molecular weight excluding hydrogens is 248 g/mol. The van der Waals surface area contributed by atoms with E-state index in [9.17, 15) is 4.79 Å². The van der Waals surface area contributed by atoms with Crippen LogP contribution in [-0.4, -0.2) is 15.8 Å². The second-order valence-electron chi connectivity index (χ2n) is 5.38. The zero-order valence-electron chi connectivity index (χ0n) is 11.7. The molecule has 0 fully saturated rings. The summed E-state index contributed by atoms with van der Waals surface area (Å²) in [4.78, 5) is 21.0.